The van der Waals surface area contributed by atoms with Crippen LogP contribution in [0.3, 0.4) is 0 Å². The summed E-state index contributed by atoms with van der Waals surface area (Å²) in [6.07, 6.45) is 6.31. The van der Waals surface area contributed by atoms with Gasteiger partial charge in [0.05, 0.1) is 6.20 Å². The second-order valence-corrected chi connectivity index (χ2v) is 4.70. The van der Waals surface area contributed by atoms with Crippen molar-refractivity contribution in [1.29, 1.82) is 0 Å². The summed E-state index contributed by atoms with van der Waals surface area (Å²) in [5.41, 5.74) is 2.26. The number of aromatic nitrogens is 2. The Kier molecular flexibility index (Phi) is 2.58. The maximum atomic E-state index is 6.07. The summed E-state index contributed by atoms with van der Waals surface area (Å²) in [5.74, 6) is 0.608. The number of pyridine rings is 1. The van der Waals surface area contributed by atoms with E-state index in [-0.39, 0.29) is 0 Å². The molecule has 1 aliphatic rings. The summed E-state index contributed by atoms with van der Waals surface area (Å²) >= 11 is 6.07. The van der Waals surface area contributed by atoms with Crippen LogP contribution in [0.4, 0.5) is 0 Å². The van der Waals surface area contributed by atoms with Crippen molar-refractivity contribution >= 4 is 17.2 Å². The average molecular weight is 236 g/mol. The molecule has 0 saturated carbocycles. The van der Waals surface area contributed by atoms with E-state index in [0.29, 0.717) is 11.1 Å². The Morgan fingerprint density at radius 2 is 2.38 bits per heavy atom. The molecule has 1 atom stereocenters. The highest BCUT2D eigenvalue weighted by Gasteiger charge is 2.15. The minimum atomic E-state index is 0.608. The van der Waals surface area contributed by atoms with Gasteiger partial charge in [0.25, 0.3) is 0 Å². The van der Waals surface area contributed by atoms with Crippen LogP contribution in [0.2, 0.25) is 5.15 Å². The molecule has 1 fully saturated rings. The van der Waals surface area contributed by atoms with Gasteiger partial charge in [0.1, 0.15) is 10.8 Å². The van der Waals surface area contributed by atoms with E-state index in [1.165, 1.54) is 18.4 Å². The molecular formula is C12H14ClN3. The third-order valence-electron chi connectivity index (χ3n) is 3.25. The van der Waals surface area contributed by atoms with Gasteiger partial charge in [-0.2, -0.15) is 0 Å². The number of nitrogens with one attached hydrogen (secondary N) is 1. The summed E-state index contributed by atoms with van der Waals surface area (Å²) in [6.45, 7) is 2.21. The molecule has 1 N–H and O–H groups in total. The third kappa shape index (κ3) is 1.70. The highest BCUT2D eigenvalue weighted by molar-refractivity contribution is 6.29. The molecule has 0 amide bonds. The van der Waals surface area contributed by atoms with Gasteiger partial charge in [-0.05, 0) is 36.9 Å². The van der Waals surface area contributed by atoms with Gasteiger partial charge in [-0.1, -0.05) is 17.7 Å². The first kappa shape index (κ1) is 10.1. The molecule has 3 rings (SSSR count). The van der Waals surface area contributed by atoms with Crippen molar-refractivity contribution in [2.24, 2.45) is 0 Å². The van der Waals surface area contributed by atoms with Crippen LogP contribution in [0.15, 0.2) is 24.5 Å². The molecule has 0 radical (unpaired) electrons. The number of halogens is 1. The second kappa shape index (κ2) is 4.07. The number of piperidine rings is 1. The van der Waals surface area contributed by atoms with Crippen molar-refractivity contribution in [2.75, 3.05) is 13.1 Å². The van der Waals surface area contributed by atoms with Gasteiger partial charge in [0.15, 0.2) is 0 Å². The Morgan fingerprint density at radius 3 is 3.19 bits per heavy atom. The van der Waals surface area contributed by atoms with Crippen molar-refractivity contribution in [3.8, 4) is 0 Å². The van der Waals surface area contributed by atoms with Gasteiger partial charge in [0.2, 0.25) is 0 Å². The molecule has 0 bridgehead atoms. The summed E-state index contributed by atoms with van der Waals surface area (Å²) in [7, 11) is 0. The van der Waals surface area contributed by atoms with E-state index in [1.807, 2.05) is 10.5 Å². The summed E-state index contributed by atoms with van der Waals surface area (Å²) in [5, 5.41) is 4.11. The Labute approximate surface area is 99.4 Å². The molecule has 0 aliphatic carbocycles. The Balaban J connectivity index is 1.99. The van der Waals surface area contributed by atoms with Gasteiger partial charge in [-0.25, -0.2) is 4.98 Å². The van der Waals surface area contributed by atoms with Crippen LogP contribution >= 0.6 is 11.6 Å². The first-order chi connectivity index (χ1) is 7.84. The molecule has 1 aliphatic heterocycles. The number of hydrogen-bond donors (Lipinski definition) is 1. The second-order valence-electron chi connectivity index (χ2n) is 4.31. The lowest BCUT2D eigenvalue weighted by molar-refractivity contribution is 0.460. The van der Waals surface area contributed by atoms with E-state index in [4.69, 9.17) is 11.6 Å². The van der Waals surface area contributed by atoms with Gasteiger partial charge in [-0.3, -0.25) is 4.40 Å². The summed E-state index contributed by atoms with van der Waals surface area (Å²) in [4.78, 5) is 4.22. The standard InChI is InChI=1S/C12H14ClN3/c13-11-7-15-12-4-3-10(8-16(11)12)9-2-1-5-14-6-9/h3-4,7-9,14H,1-2,5-6H2. The normalized spacial score (nSPS) is 21.4. The van der Waals surface area contributed by atoms with E-state index >= 15 is 0 Å². The maximum Gasteiger partial charge on any atom is 0.137 e. The summed E-state index contributed by atoms with van der Waals surface area (Å²) < 4.78 is 1.95. The van der Waals surface area contributed by atoms with Crippen molar-refractivity contribution < 1.29 is 0 Å². The molecular weight excluding hydrogens is 222 g/mol. The van der Waals surface area contributed by atoms with E-state index < -0.39 is 0 Å². The van der Waals surface area contributed by atoms with E-state index in [0.717, 1.165) is 18.7 Å². The topological polar surface area (TPSA) is 29.3 Å². The minimum Gasteiger partial charge on any atom is -0.316 e. The van der Waals surface area contributed by atoms with E-state index in [1.54, 1.807) is 6.20 Å². The van der Waals surface area contributed by atoms with Crippen molar-refractivity contribution in [3.05, 3.63) is 35.2 Å². The van der Waals surface area contributed by atoms with Gasteiger partial charge in [-0.15, -0.1) is 0 Å². The van der Waals surface area contributed by atoms with Gasteiger partial charge < -0.3 is 5.32 Å². The van der Waals surface area contributed by atoms with E-state index in [9.17, 15) is 0 Å². The minimum absolute atomic E-state index is 0.608. The first-order valence-electron chi connectivity index (χ1n) is 5.68. The van der Waals surface area contributed by atoms with E-state index in [2.05, 4.69) is 22.6 Å². The lowest BCUT2D eigenvalue weighted by atomic mass is 9.93. The molecule has 2 aromatic rings. The predicted molar refractivity (Wildman–Crippen MR) is 65.0 cm³/mol. The monoisotopic (exact) mass is 235 g/mol. The number of imidazole rings is 1. The first-order valence-corrected chi connectivity index (χ1v) is 6.05. The molecule has 84 valence electrons. The molecule has 4 heteroatoms. The zero-order chi connectivity index (χ0) is 11.0. The fourth-order valence-electron chi connectivity index (χ4n) is 2.35. The smallest absolute Gasteiger partial charge is 0.137 e. The molecule has 3 heterocycles. The number of nitrogens with zero attached hydrogens (tertiary/aromatic N) is 2. The SMILES string of the molecule is Clc1cnc2ccc(C3CCCNC3)cn12. The Hall–Kier alpha value is -1.06. The fraction of sp³-hybridized carbons (Fsp3) is 0.417. The number of rotatable bonds is 1. The predicted octanol–water partition coefficient (Wildman–Crippen LogP) is 2.45. The molecule has 2 aromatic heterocycles. The van der Waals surface area contributed by atoms with Crippen LogP contribution in [0.25, 0.3) is 5.65 Å². The fourth-order valence-corrected chi connectivity index (χ4v) is 2.53. The zero-order valence-electron chi connectivity index (χ0n) is 8.99. The molecule has 1 saturated heterocycles. The van der Waals surface area contributed by atoms with Crippen LogP contribution in [-0.4, -0.2) is 22.5 Å². The number of fused-ring (bicyclic) bond motifs is 1. The highest BCUT2D eigenvalue weighted by atomic mass is 35.5. The van der Waals surface area contributed by atoms with Crippen LogP contribution in [0.1, 0.15) is 24.3 Å². The van der Waals surface area contributed by atoms with Crippen LogP contribution in [-0.2, 0) is 0 Å². The molecule has 0 aromatic carbocycles. The third-order valence-corrected chi connectivity index (χ3v) is 3.53. The lowest BCUT2D eigenvalue weighted by Crippen LogP contribution is -2.28. The molecule has 3 nitrogen and oxygen atoms in total. The zero-order valence-corrected chi connectivity index (χ0v) is 9.74. The highest BCUT2D eigenvalue weighted by Crippen LogP contribution is 2.24. The maximum absolute atomic E-state index is 6.07. The Bertz CT molecular complexity index is 500. The largest absolute Gasteiger partial charge is 0.316 e. The van der Waals surface area contributed by atoms with Gasteiger partial charge >= 0.3 is 0 Å². The van der Waals surface area contributed by atoms with Gasteiger partial charge in [0, 0.05) is 12.7 Å². The number of hydrogen-bond acceptors (Lipinski definition) is 2. The molecule has 16 heavy (non-hydrogen) atoms. The van der Waals surface area contributed by atoms with Crippen molar-refractivity contribution in [1.82, 2.24) is 14.7 Å². The molecule has 0 spiro atoms. The quantitative estimate of drug-likeness (QED) is 0.823. The van der Waals surface area contributed by atoms with Crippen molar-refractivity contribution in [2.45, 2.75) is 18.8 Å². The van der Waals surface area contributed by atoms with Crippen LogP contribution in [0.5, 0.6) is 0 Å². The van der Waals surface area contributed by atoms with Crippen molar-refractivity contribution in [3.63, 3.8) is 0 Å². The lowest BCUT2D eigenvalue weighted by Gasteiger charge is -2.23. The summed E-state index contributed by atoms with van der Waals surface area (Å²) in [6, 6.07) is 4.20. The van der Waals surface area contributed by atoms with Crippen LogP contribution < -0.4 is 5.32 Å². The molecule has 1 unspecified atom stereocenters. The Morgan fingerprint density at radius 1 is 1.44 bits per heavy atom. The van der Waals surface area contributed by atoms with Crippen LogP contribution in [0, 0.1) is 0 Å². The average Bonchev–Trinajstić information content (AvgIpc) is 2.72.